The molecule has 0 atom stereocenters. The standard InChI is InChI=1S/C19H41NO6S2/c1-2-3-4-5-6-7-8-9-10-11-12-13-14-15-16-17-18-25-27(21,22)19-28(23,24)26-20/h2-20H2,1H3. The van der Waals surface area contributed by atoms with Crippen molar-refractivity contribution in [3.8, 4) is 0 Å². The SMILES string of the molecule is CCCCCCCCCCCCCCCCCCOS(=O)(=O)CS(=O)(=O)ON. The maximum atomic E-state index is 11.4. The van der Waals surface area contributed by atoms with Crippen molar-refractivity contribution in [2.45, 2.75) is 110 Å². The van der Waals surface area contributed by atoms with E-state index in [2.05, 4.69) is 21.3 Å². The van der Waals surface area contributed by atoms with E-state index in [4.69, 9.17) is 0 Å². The van der Waals surface area contributed by atoms with Crippen LogP contribution in [0.2, 0.25) is 0 Å². The fourth-order valence-electron chi connectivity index (χ4n) is 3.07. The lowest BCUT2D eigenvalue weighted by Crippen LogP contribution is -2.23. The average molecular weight is 444 g/mol. The third kappa shape index (κ3) is 19.1. The number of unbranched alkanes of at least 4 members (excludes halogenated alkanes) is 15. The molecule has 0 aliphatic rings. The van der Waals surface area contributed by atoms with Crippen LogP contribution < -0.4 is 5.90 Å². The zero-order valence-corrected chi connectivity index (χ0v) is 19.2. The average Bonchev–Trinajstić information content (AvgIpc) is 2.63. The highest BCUT2D eigenvalue weighted by atomic mass is 32.3. The zero-order chi connectivity index (χ0) is 21.1. The molecule has 0 aliphatic carbocycles. The van der Waals surface area contributed by atoms with Crippen LogP contribution in [0.3, 0.4) is 0 Å². The van der Waals surface area contributed by atoms with Gasteiger partial charge in [-0.1, -0.05) is 103 Å². The van der Waals surface area contributed by atoms with Crippen LogP contribution in [0.1, 0.15) is 110 Å². The van der Waals surface area contributed by atoms with Gasteiger partial charge in [-0.25, -0.2) is 0 Å². The van der Waals surface area contributed by atoms with Gasteiger partial charge in [0.1, 0.15) is 0 Å². The first-order valence-corrected chi connectivity index (χ1v) is 14.0. The van der Waals surface area contributed by atoms with E-state index in [9.17, 15) is 16.8 Å². The lowest BCUT2D eigenvalue weighted by atomic mass is 10.0. The highest BCUT2D eigenvalue weighted by molar-refractivity contribution is 8.03. The Labute approximate surface area is 172 Å². The Hall–Kier alpha value is -0.220. The zero-order valence-electron chi connectivity index (χ0n) is 17.6. The minimum absolute atomic E-state index is 0.0130. The van der Waals surface area contributed by atoms with Crippen molar-refractivity contribution >= 4 is 20.2 Å². The predicted octanol–water partition coefficient (Wildman–Crippen LogP) is 4.77. The fraction of sp³-hybridized carbons (Fsp3) is 1.00. The predicted molar refractivity (Wildman–Crippen MR) is 113 cm³/mol. The summed E-state index contributed by atoms with van der Waals surface area (Å²) in [6, 6.07) is 0. The Kier molecular flexibility index (Phi) is 17.5. The molecule has 0 saturated carbocycles. The van der Waals surface area contributed by atoms with E-state index in [0.717, 1.165) is 19.3 Å². The Bertz CT molecular complexity index is 549. The molecule has 0 aromatic rings. The van der Waals surface area contributed by atoms with Gasteiger partial charge in [0.2, 0.25) is 5.08 Å². The molecular formula is C19H41NO6S2. The van der Waals surface area contributed by atoms with Gasteiger partial charge >= 0.3 is 0 Å². The first-order chi connectivity index (χ1) is 13.3. The molecule has 2 N–H and O–H groups in total. The minimum atomic E-state index is -4.29. The van der Waals surface area contributed by atoms with Crippen LogP contribution in [-0.2, 0) is 28.7 Å². The van der Waals surface area contributed by atoms with E-state index < -0.39 is 25.3 Å². The van der Waals surface area contributed by atoms with Gasteiger partial charge < -0.3 is 0 Å². The third-order valence-corrected chi connectivity index (χ3v) is 7.82. The third-order valence-electron chi connectivity index (χ3n) is 4.70. The molecule has 7 nitrogen and oxygen atoms in total. The molecule has 28 heavy (non-hydrogen) atoms. The van der Waals surface area contributed by atoms with Gasteiger partial charge in [-0.15, -0.1) is 0 Å². The van der Waals surface area contributed by atoms with Crippen molar-refractivity contribution in [3.05, 3.63) is 0 Å². The molecule has 0 spiro atoms. The second kappa shape index (κ2) is 17.6. The van der Waals surface area contributed by atoms with E-state index in [1.54, 1.807) is 0 Å². The van der Waals surface area contributed by atoms with Crippen molar-refractivity contribution in [1.29, 1.82) is 0 Å². The summed E-state index contributed by atoms with van der Waals surface area (Å²) in [6.07, 6.45) is 19.7. The maximum absolute atomic E-state index is 11.4. The van der Waals surface area contributed by atoms with E-state index in [-0.39, 0.29) is 6.61 Å². The number of nitrogens with two attached hydrogens (primary N) is 1. The molecule has 0 fully saturated rings. The first-order valence-electron chi connectivity index (χ1n) is 10.8. The Morgan fingerprint density at radius 2 is 0.929 bits per heavy atom. The van der Waals surface area contributed by atoms with Gasteiger partial charge in [-0.05, 0) is 6.42 Å². The van der Waals surface area contributed by atoms with Crippen molar-refractivity contribution in [2.75, 3.05) is 11.7 Å². The summed E-state index contributed by atoms with van der Waals surface area (Å²) in [4.78, 5) is 0. The van der Waals surface area contributed by atoms with E-state index in [0.29, 0.717) is 6.42 Å². The summed E-state index contributed by atoms with van der Waals surface area (Å²) >= 11 is 0. The number of rotatable bonds is 21. The van der Waals surface area contributed by atoms with Crippen molar-refractivity contribution < 1.29 is 25.3 Å². The van der Waals surface area contributed by atoms with Crippen LogP contribution in [0.5, 0.6) is 0 Å². The van der Waals surface area contributed by atoms with Crippen LogP contribution in [0, 0.1) is 0 Å². The molecule has 9 heteroatoms. The summed E-state index contributed by atoms with van der Waals surface area (Å²) < 4.78 is 53.1. The summed E-state index contributed by atoms with van der Waals surface area (Å²) in [6.45, 7) is 2.24. The van der Waals surface area contributed by atoms with Crippen LogP contribution >= 0.6 is 0 Å². The van der Waals surface area contributed by atoms with Crippen LogP contribution in [0.25, 0.3) is 0 Å². The van der Waals surface area contributed by atoms with Gasteiger partial charge in [0.15, 0.2) is 0 Å². The molecule has 170 valence electrons. The van der Waals surface area contributed by atoms with Crippen LogP contribution in [0.15, 0.2) is 0 Å². The monoisotopic (exact) mass is 443 g/mol. The second-order valence-corrected chi connectivity index (χ2v) is 11.1. The molecule has 0 saturated heterocycles. The summed E-state index contributed by atoms with van der Waals surface area (Å²) in [7, 11) is -8.45. The van der Waals surface area contributed by atoms with Crippen LogP contribution in [0.4, 0.5) is 0 Å². The highest BCUT2D eigenvalue weighted by Gasteiger charge is 2.23. The Morgan fingerprint density at radius 1 is 0.571 bits per heavy atom. The fourth-order valence-corrected chi connectivity index (χ4v) is 5.36. The maximum Gasteiger partial charge on any atom is 0.300 e. The summed E-state index contributed by atoms with van der Waals surface area (Å²) in [5, 5.41) is -1.25. The molecular weight excluding hydrogens is 402 g/mol. The molecule has 0 amide bonds. The highest BCUT2D eigenvalue weighted by Crippen LogP contribution is 2.14. The number of hydrogen-bond acceptors (Lipinski definition) is 7. The topological polar surface area (TPSA) is 113 Å². The number of hydrogen-bond donors (Lipinski definition) is 1. The van der Waals surface area contributed by atoms with Crippen molar-refractivity contribution in [2.24, 2.45) is 5.90 Å². The Morgan fingerprint density at radius 3 is 1.29 bits per heavy atom. The molecule has 0 aromatic carbocycles. The van der Waals surface area contributed by atoms with Crippen molar-refractivity contribution in [1.82, 2.24) is 0 Å². The molecule has 0 heterocycles. The smallest absolute Gasteiger partial charge is 0.269 e. The summed E-state index contributed by atoms with van der Waals surface area (Å²) in [5.41, 5.74) is 0. The largest absolute Gasteiger partial charge is 0.300 e. The van der Waals surface area contributed by atoms with Crippen LogP contribution in [-0.4, -0.2) is 28.5 Å². The minimum Gasteiger partial charge on any atom is -0.269 e. The van der Waals surface area contributed by atoms with Crippen molar-refractivity contribution in [3.63, 3.8) is 0 Å². The van der Waals surface area contributed by atoms with Gasteiger partial charge in [0, 0.05) is 0 Å². The normalized spacial score (nSPS) is 12.5. The quantitative estimate of drug-likeness (QED) is 0.154. The van der Waals surface area contributed by atoms with E-state index >= 15 is 0 Å². The lowest BCUT2D eigenvalue weighted by molar-refractivity contribution is 0.304. The molecule has 0 rings (SSSR count). The van der Waals surface area contributed by atoms with Gasteiger partial charge in [-0.3, -0.25) is 4.18 Å². The first kappa shape index (κ1) is 27.8. The molecule has 0 radical (unpaired) electrons. The molecule has 0 unspecified atom stereocenters. The van der Waals surface area contributed by atoms with Gasteiger partial charge in [0.05, 0.1) is 6.61 Å². The second-order valence-electron chi connectivity index (χ2n) is 7.45. The molecule has 0 aliphatic heterocycles. The summed E-state index contributed by atoms with van der Waals surface area (Å²) in [5.74, 6) is 4.50. The molecule has 0 bridgehead atoms. The van der Waals surface area contributed by atoms with E-state index in [1.165, 1.54) is 77.0 Å². The van der Waals surface area contributed by atoms with E-state index in [1.807, 2.05) is 0 Å². The Balaban J connectivity index is 3.34. The molecule has 0 aromatic heterocycles. The van der Waals surface area contributed by atoms with Gasteiger partial charge in [0.25, 0.3) is 20.2 Å². The van der Waals surface area contributed by atoms with Gasteiger partial charge in [-0.2, -0.15) is 27.0 Å². The lowest BCUT2D eigenvalue weighted by Gasteiger charge is -2.05.